The van der Waals surface area contributed by atoms with Crippen LogP contribution in [0.4, 0.5) is 0 Å². The third-order valence-electron chi connectivity index (χ3n) is 3.32. The molecule has 3 heterocycles. The van der Waals surface area contributed by atoms with Crippen molar-refractivity contribution in [2.45, 2.75) is 13.0 Å². The summed E-state index contributed by atoms with van der Waals surface area (Å²) in [4.78, 5) is 24.0. The van der Waals surface area contributed by atoms with Gasteiger partial charge < -0.3 is 10.3 Å². The second kappa shape index (κ2) is 5.15. The number of rotatable bonds is 4. The maximum atomic E-state index is 12.5. The SMILES string of the molecule is CNC(C)c1csc(C(=O)c2c[nH]c3cnccc23)n1. The van der Waals surface area contributed by atoms with Gasteiger partial charge in [0.15, 0.2) is 5.01 Å². The molecule has 0 fully saturated rings. The van der Waals surface area contributed by atoms with Crippen molar-refractivity contribution >= 4 is 28.0 Å². The third-order valence-corrected chi connectivity index (χ3v) is 4.18. The summed E-state index contributed by atoms with van der Waals surface area (Å²) in [6.45, 7) is 2.01. The summed E-state index contributed by atoms with van der Waals surface area (Å²) < 4.78 is 0. The largest absolute Gasteiger partial charge is 0.359 e. The molecular formula is C14H14N4OS. The van der Waals surface area contributed by atoms with E-state index in [0.717, 1.165) is 16.6 Å². The van der Waals surface area contributed by atoms with Crippen LogP contribution in [0.5, 0.6) is 0 Å². The summed E-state index contributed by atoms with van der Waals surface area (Å²) in [5.74, 6) is -0.0537. The number of ketones is 1. The zero-order chi connectivity index (χ0) is 14.1. The fourth-order valence-corrected chi connectivity index (χ4v) is 2.88. The Morgan fingerprint density at radius 3 is 3.15 bits per heavy atom. The molecule has 20 heavy (non-hydrogen) atoms. The van der Waals surface area contributed by atoms with Crippen LogP contribution in [0.3, 0.4) is 0 Å². The van der Waals surface area contributed by atoms with E-state index in [1.54, 1.807) is 18.6 Å². The Morgan fingerprint density at radius 2 is 2.35 bits per heavy atom. The van der Waals surface area contributed by atoms with Crippen molar-refractivity contribution in [1.82, 2.24) is 20.3 Å². The highest BCUT2D eigenvalue weighted by Crippen LogP contribution is 2.23. The van der Waals surface area contributed by atoms with Crippen molar-refractivity contribution in [2.75, 3.05) is 7.05 Å². The van der Waals surface area contributed by atoms with E-state index in [1.807, 2.05) is 25.4 Å². The predicted octanol–water partition coefficient (Wildman–Crippen LogP) is 2.53. The van der Waals surface area contributed by atoms with Crippen LogP contribution in [0.1, 0.15) is 34.0 Å². The van der Waals surface area contributed by atoms with Crippen LogP contribution in [-0.2, 0) is 0 Å². The first-order valence-electron chi connectivity index (χ1n) is 6.29. The molecule has 0 radical (unpaired) electrons. The predicted molar refractivity (Wildman–Crippen MR) is 79.1 cm³/mol. The molecule has 3 aromatic heterocycles. The van der Waals surface area contributed by atoms with E-state index >= 15 is 0 Å². The smallest absolute Gasteiger partial charge is 0.223 e. The average Bonchev–Trinajstić information content (AvgIpc) is 3.12. The minimum absolute atomic E-state index is 0.0537. The van der Waals surface area contributed by atoms with Crippen LogP contribution in [-0.4, -0.2) is 27.8 Å². The fourth-order valence-electron chi connectivity index (χ4n) is 2.01. The van der Waals surface area contributed by atoms with E-state index in [0.29, 0.717) is 10.6 Å². The van der Waals surface area contributed by atoms with Crippen LogP contribution in [0.25, 0.3) is 10.9 Å². The summed E-state index contributed by atoms with van der Waals surface area (Å²) >= 11 is 1.38. The van der Waals surface area contributed by atoms with Crippen LogP contribution in [0.15, 0.2) is 30.0 Å². The molecule has 0 aromatic carbocycles. The topological polar surface area (TPSA) is 70.7 Å². The first kappa shape index (κ1) is 13.0. The lowest BCUT2D eigenvalue weighted by molar-refractivity contribution is 0.103. The molecule has 0 saturated carbocycles. The number of pyridine rings is 1. The number of nitrogens with one attached hydrogen (secondary N) is 2. The molecule has 3 rings (SSSR count). The molecule has 2 N–H and O–H groups in total. The number of aromatic amines is 1. The maximum absolute atomic E-state index is 12.5. The average molecular weight is 286 g/mol. The van der Waals surface area contributed by atoms with E-state index in [9.17, 15) is 4.79 Å². The van der Waals surface area contributed by atoms with Crippen molar-refractivity contribution in [2.24, 2.45) is 0 Å². The third kappa shape index (κ3) is 2.13. The van der Waals surface area contributed by atoms with Crippen LogP contribution in [0.2, 0.25) is 0 Å². The van der Waals surface area contributed by atoms with Gasteiger partial charge in [-0.2, -0.15) is 0 Å². The zero-order valence-electron chi connectivity index (χ0n) is 11.2. The second-order valence-corrected chi connectivity index (χ2v) is 5.40. The Kier molecular flexibility index (Phi) is 3.33. The maximum Gasteiger partial charge on any atom is 0.223 e. The van der Waals surface area contributed by atoms with Gasteiger partial charge in [-0.1, -0.05) is 0 Å². The molecule has 1 unspecified atom stereocenters. The van der Waals surface area contributed by atoms with Gasteiger partial charge in [0.2, 0.25) is 5.78 Å². The number of aromatic nitrogens is 3. The lowest BCUT2D eigenvalue weighted by Gasteiger charge is -2.04. The Bertz CT molecular complexity index is 761. The van der Waals surface area contributed by atoms with Gasteiger partial charge in [0.05, 0.1) is 23.0 Å². The molecule has 102 valence electrons. The van der Waals surface area contributed by atoms with Gasteiger partial charge in [0, 0.05) is 29.2 Å². The number of hydrogen-bond acceptors (Lipinski definition) is 5. The minimum atomic E-state index is -0.0537. The normalized spacial score (nSPS) is 12.7. The number of nitrogens with zero attached hydrogens (tertiary/aromatic N) is 2. The number of H-pyrrole nitrogens is 1. The molecule has 0 spiro atoms. The standard InChI is InChI=1S/C14H14N4OS/c1-8(15-2)12-7-20-14(18-12)13(19)10-5-17-11-6-16-4-3-9(10)11/h3-8,15,17H,1-2H3. The summed E-state index contributed by atoms with van der Waals surface area (Å²) in [5.41, 5.74) is 2.39. The minimum Gasteiger partial charge on any atom is -0.359 e. The molecule has 0 aliphatic heterocycles. The summed E-state index contributed by atoms with van der Waals surface area (Å²) in [5, 5.41) is 6.43. The van der Waals surface area contributed by atoms with E-state index in [-0.39, 0.29) is 11.8 Å². The lowest BCUT2D eigenvalue weighted by Crippen LogP contribution is -2.13. The van der Waals surface area contributed by atoms with Gasteiger partial charge in [0.1, 0.15) is 0 Å². The van der Waals surface area contributed by atoms with Crippen LogP contribution in [0, 0.1) is 0 Å². The highest BCUT2D eigenvalue weighted by Gasteiger charge is 2.18. The monoisotopic (exact) mass is 286 g/mol. The number of hydrogen-bond donors (Lipinski definition) is 2. The molecule has 0 aliphatic rings. The lowest BCUT2D eigenvalue weighted by atomic mass is 10.1. The Morgan fingerprint density at radius 1 is 1.50 bits per heavy atom. The van der Waals surface area contributed by atoms with Gasteiger partial charge in [-0.15, -0.1) is 11.3 Å². The number of fused-ring (bicyclic) bond motifs is 1. The van der Waals surface area contributed by atoms with E-state index in [4.69, 9.17) is 0 Å². The van der Waals surface area contributed by atoms with Gasteiger partial charge >= 0.3 is 0 Å². The summed E-state index contributed by atoms with van der Waals surface area (Å²) in [7, 11) is 1.87. The van der Waals surface area contributed by atoms with E-state index in [2.05, 4.69) is 20.3 Å². The van der Waals surface area contributed by atoms with Gasteiger partial charge in [-0.25, -0.2) is 4.98 Å². The van der Waals surface area contributed by atoms with E-state index < -0.39 is 0 Å². The molecule has 5 nitrogen and oxygen atoms in total. The molecule has 3 aromatic rings. The molecule has 0 amide bonds. The highest BCUT2D eigenvalue weighted by atomic mass is 32.1. The number of carbonyl (C=O) groups excluding carboxylic acids is 1. The van der Waals surface area contributed by atoms with Crippen molar-refractivity contribution in [3.63, 3.8) is 0 Å². The molecule has 0 saturated heterocycles. The molecular weight excluding hydrogens is 272 g/mol. The first-order chi connectivity index (χ1) is 9.70. The van der Waals surface area contributed by atoms with Gasteiger partial charge in [-0.05, 0) is 20.0 Å². The molecule has 0 bridgehead atoms. The van der Waals surface area contributed by atoms with Crippen molar-refractivity contribution in [1.29, 1.82) is 0 Å². The Hall–Kier alpha value is -2.05. The summed E-state index contributed by atoms with van der Waals surface area (Å²) in [6, 6.07) is 1.98. The van der Waals surface area contributed by atoms with E-state index in [1.165, 1.54) is 11.3 Å². The number of thiazole rings is 1. The summed E-state index contributed by atoms with van der Waals surface area (Å²) in [6.07, 6.45) is 5.11. The molecule has 1 atom stereocenters. The fraction of sp³-hybridized carbons (Fsp3) is 0.214. The van der Waals surface area contributed by atoms with Crippen molar-refractivity contribution in [3.05, 3.63) is 46.3 Å². The second-order valence-electron chi connectivity index (χ2n) is 4.54. The highest BCUT2D eigenvalue weighted by molar-refractivity contribution is 7.12. The zero-order valence-corrected chi connectivity index (χ0v) is 12.0. The van der Waals surface area contributed by atoms with Crippen molar-refractivity contribution in [3.8, 4) is 0 Å². The Labute approximate surface area is 120 Å². The Balaban J connectivity index is 1.98. The van der Waals surface area contributed by atoms with Crippen LogP contribution >= 0.6 is 11.3 Å². The number of carbonyl (C=O) groups is 1. The van der Waals surface area contributed by atoms with Crippen LogP contribution < -0.4 is 5.32 Å². The first-order valence-corrected chi connectivity index (χ1v) is 7.17. The quantitative estimate of drug-likeness (QED) is 0.723. The van der Waals surface area contributed by atoms with Gasteiger partial charge in [-0.3, -0.25) is 9.78 Å². The van der Waals surface area contributed by atoms with Gasteiger partial charge in [0.25, 0.3) is 0 Å². The molecule has 0 aliphatic carbocycles. The molecule has 6 heteroatoms. The van der Waals surface area contributed by atoms with Crippen molar-refractivity contribution < 1.29 is 4.79 Å².